The van der Waals surface area contributed by atoms with E-state index in [0.717, 1.165) is 53.7 Å². The van der Waals surface area contributed by atoms with Crippen molar-refractivity contribution in [1.29, 1.82) is 0 Å². The highest BCUT2D eigenvalue weighted by molar-refractivity contribution is 6.66. The molecule has 1 saturated carbocycles. The Morgan fingerprint density at radius 2 is 1.86 bits per heavy atom. The van der Waals surface area contributed by atoms with Crippen molar-refractivity contribution < 1.29 is 14.0 Å². The van der Waals surface area contributed by atoms with E-state index in [1.807, 2.05) is 10.9 Å². The lowest BCUT2D eigenvalue weighted by atomic mass is 9.72. The minimum absolute atomic E-state index is 0.0332. The maximum atomic E-state index is 6.90. The van der Waals surface area contributed by atoms with Crippen LogP contribution in [0.2, 0.25) is 5.02 Å². The van der Waals surface area contributed by atoms with Crippen LogP contribution in [-0.4, -0.2) is 34.7 Å². The van der Waals surface area contributed by atoms with E-state index in [4.69, 9.17) is 30.7 Å². The van der Waals surface area contributed by atoms with Gasteiger partial charge < -0.3 is 14.0 Å². The second kappa shape index (κ2) is 6.71. The third-order valence-corrected chi connectivity index (χ3v) is 7.65. The lowest BCUT2D eigenvalue weighted by Crippen LogP contribution is -2.41. The first-order valence-electron chi connectivity index (χ1n) is 10.9. The van der Waals surface area contributed by atoms with Crippen molar-refractivity contribution in [2.75, 3.05) is 6.61 Å². The van der Waals surface area contributed by atoms with Gasteiger partial charge in [0, 0.05) is 17.0 Å². The molecule has 156 valence electrons. The van der Waals surface area contributed by atoms with Gasteiger partial charge in [-0.3, -0.25) is 0 Å². The van der Waals surface area contributed by atoms with Crippen LogP contribution in [0.1, 0.15) is 78.0 Å². The highest BCUT2D eigenvalue weighted by Crippen LogP contribution is 2.50. The molecule has 5 rings (SSSR count). The molecule has 0 radical (unpaired) electrons. The summed E-state index contributed by atoms with van der Waals surface area (Å²) >= 11 is 6.90. The van der Waals surface area contributed by atoms with Gasteiger partial charge in [-0.25, -0.2) is 4.68 Å². The third kappa shape index (κ3) is 3.15. The molecule has 3 heterocycles. The van der Waals surface area contributed by atoms with E-state index >= 15 is 0 Å². The van der Waals surface area contributed by atoms with Gasteiger partial charge in [0.05, 0.1) is 22.9 Å². The van der Waals surface area contributed by atoms with Crippen LogP contribution < -0.4 is 5.46 Å². The number of hydrogen-bond acceptors (Lipinski definition) is 4. The molecule has 0 amide bonds. The van der Waals surface area contributed by atoms with E-state index in [9.17, 15) is 0 Å². The molecule has 2 saturated heterocycles. The van der Waals surface area contributed by atoms with Gasteiger partial charge in [0.15, 0.2) is 6.23 Å². The summed E-state index contributed by atoms with van der Waals surface area (Å²) in [5.74, 6) is 1.08. The molecule has 2 aromatic rings. The lowest BCUT2D eigenvalue weighted by molar-refractivity contribution is -0.0366. The van der Waals surface area contributed by atoms with Crippen LogP contribution in [0.5, 0.6) is 0 Å². The SMILES string of the molecule is C[C@@H]1CC1c1c(Cl)cc2c(cnn2C2CCCCO2)c1B1OC(C)(C)C(C)(C)O1. The van der Waals surface area contributed by atoms with Gasteiger partial charge in [0.25, 0.3) is 0 Å². The summed E-state index contributed by atoms with van der Waals surface area (Å²) in [6.07, 6.45) is 6.30. The van der Waals surface area contributed by atoms with Gasteiger partial charge in [-0.15, -0.1) is 0 Å². The topological polar surface area (TPSA) is 45.5 Å². The monoisotopic (exact) mass is 416 g/mol. The average molecular weight is 417 g/mol. The molecule has 29 heavy (non-hydrogen) atoms. The number of fused-ring (bicyclic) bond motifs is 1. The molecular weight excluding hydrogens is 387 g/mol. The highest BCUT2D eigenvalue weighted by Gasteiger charge is 2.54. The summed E-state index contributed by atoms with van der Waals surface area (Å²) < 4.78 is 20.9. The van der Waals surface area contributed by atoms with E-state index in [-0.39, 0.29) is 6.23 Å². The Morgan fingerprint density at radius 1 is 1.17 bits per heavy atom. The molecule has 7 heteroatoms. The molecule has 2 unspecified atom stereocenters. The van der Waals surface area contributed by atoms with E-state index < -0.39 is 18.3 Å². The zero-order chi connectivity index (χ0) is 20.6. The number of halogens is 1. The van der Waals surface area contributed by atoms with Gasteiger partial charge in [-0.05, 0) is 82.3 Å². The van der Waals surface area contributed by atoms with Crippen molar-refractivity contribution >= 4 is 35.1 Å². The number of rotatable bonds is 3. The Kier molecular flexibility index (Phi) is 4.60. The maximum absolute atomic E-state index is 6.90. The summed E-state index contributed by atoms with van der Waals surface area (Å²) in [7, 11) is -0.450. The van der Waals surface area contributed by atoms with Gasteiger partial charge in [0.2, 0.25) is 0 Å². The quantitative estimate of drug-likeness (QED) is 0.673. The fourth-order valence-electron chi connectivity index (χ4n) is 4.66. The summed E-state index contributed by atoms with van der Waals surface area (Å²) in [6, 6.07) is 2.07. The molecule has 0 bridgehead atoms. The zero-order valence-corrected chi connectivity index (χ0v) is 18.8. The lowest BCUT2D eigenvalue weighted by Gasteiger charge is -2.32. The number of benzene rings is 1. The molecule has 0 spiro atoms. The fourth-order valence-corrected chi connectivity index (χ4v) is 5.00. The van der Waals surface area contributed by atoms with E-state index in [1.54, 1.807) is 0 Å². The van der Waals surface area contributed by atoms with Crippen LogP contribution in [-0.2, 0) is 14.0 Å². The number of ether oxygens (including phenoxy) is 1. The standard InChI is InChI=1S/C22H30BClN2O3/c1-13-10-14(13)19-16(24)11-17-15(12-25-26(17)18-8-6-7-9-27-18)20(19)23-28-21(2,3)22(4,5)29-23/h11-14,18H,6-10H2,1-5H3/t13-,14?,18?/m1/s1. The van der Waals surface area contributed by atoms with Crippen molar-refractivity contribution in [3.63, 3.8) is 0 Å². The van der Waals surface area contributed by atoms with Crippen molar-refractivity contribution in [2.45, 2.75) is 83.6 Å². The molecule has 3 aliphatic rings. The van der Waals surface area contributed by atoms with E-state index in [0.29, 0.717) is 11.8 Å². The first-order valence-corrected chi connectivity index (χ1v) is 11.2. The van der Waals surface area contributed by atoms with E-state index in [1.165, 1.54) is 5.56 Å². The van der Waals surface area contributed by atoms with Gasteiger partial charge in [0.1, 0.15) is 0 Å². The van der Waals surface area contributed by atoms with Crippen molar-refractivity contribution in [2.24, 2.45) is 5.92 Å². The van der Waals surface area contributed by atoms with Gasteiger partial charge in [-0.1, -0.05) is 18.5 Å². The van der Waals surface area contributed by atoms with Crippen LogP contribution in [0.25, 0.3) is 10.9 Å². The van der Waals surface area contributed by atoms with Crippen LogP contribution in [0, 0.1) is 5.92 Å². The highest BCUT2D eigenvalue weighted by atomic mass is 35.5. The summed E-state index contributed by atoms with van der Waals surface area (Å²) in [4.78, 5) is 0. The first kappa shape index (κ1) is 19.9. The van der Waals surface area contributed by atoms with Crippen LogP contribution in [0.4, 0.5) is 0 Å². The largest absolute Gasteiger partial charge is 0.495 e. The van der Waals surface area contributed by atoms with Gasteiger partial charge in [-0.2, -0.15) is 5.10 Å². The summed E-state index contributed by atoms with van der Waals surface area (Å²) in [5, 5.41) is 6.58. The first-order chi connectivity index (χ1) is 13.7. The predicted octanol–water partition coefficient (Wildman–Crippen LogP) is 4.81. The number of hydrogen-bond donors (Lipinski definition) is 0. The van der Waals surface area contributed by atoms with E-state index in [2.05, 4.69) is 40.7 Å². The molecule has 1 aromatic carbocycles. The van der Waals surface area contributed by atoms with Crippen LogP contribution in [0.3, 0.4) is 0 Å². The Morgan fingerprint density at radius 3 is 2.45 bits per heavy atom. The second-order valence-corrected chi connectivity index (χ2v) is 10.3. The normalized spacial score (nSPS) is 30.8. The molecule has 0 N–H and O–H groups in total. The number of nitrogens with zero attached hydrogens (tertiary/aromatic N) is 2. The Hall–Kier alpha value is -1.08. The summed E-state index contributed by atoms with van der Waals surface area (Å²) in [6.45, 7) is 11.4. The molecule has 2 aliphatic heterocycles. The Bertz CT molecular complexity index is 935. The smallest absolute Gasteiger partial charge is 0.399 e. The zero-order valence-electron chi connectivity index (χ0n) is 18.0. The molecule has 5 nitrogen and oxygen atoms in total. The van der Waals surface area contributed by atoms with Gasteiger partial charge >= 0.3 is 7.12 Å². The van der Waals surface area contributed by atoms with Crippen molar-refractivity contribution in [3.8, 4) is 0 Å². The Balaban J connectivity index is 1.67. The molecular formula is C22H30BClN2O3. The molecule has 1 aromatic heterocycles. The number of aromatic nitrogens is 2. The minimum Gasteiger partial charge on any atom is -0.399 e. The van der Waals surface area contributed by atoms with Crippen molar-refractivity contribution in [1.82, 2.24) is 9.78 Å². The predicted molar refractivity (Wildman–Crippen MR) is 116 cm³/mol. The second-order valence-electron chi connectivity index (χ2n) is 9.94. The Labute approximate surface area is 178 Å². The maximum Gasteiger partial charge on any atom is 0.495 e. The molecule has 3 atom stereocenters. The van der Waals surface area contributed by atoms with Crippen LogP contribution in [0.15, 0.2) is 12.3 Å². The summed E-state index contributed by atoms with van der Waals surface area (Å²) in [5.41, 5.74) is 2.43. The third-order valence-electron chi connectivity index (χ3n) is 7.33. The molecule has 3 fully saturated rings. The minimum atomic E-state index is -0.450. The van der Waals surface area contributed by atoms with Crippen molar-refractivity contribution in [3.05, 3.63) is 22.8 Å². The fraction of sp³-hybridized carbons (Fsp3) is 0.682. The van der Waals surface area contributed by atoms with Crippen LogP contribution >= 0.6 is 11.6 Å². The average Bonchev–Trinajstić information content (AvgIpc) is 3.14. The molecule has 1 aliphatic carbocycles.